The van der Waals surface area contributed by atoms with E-state index in [2.05, 4.69) is 21.2 Å². The van der Waals surface area contributed by atoms with E-state index in [-0.39, 0.29) is 11.6 Å². The molecule has 1 aromatic rings. The molecule has 0 saturated carbocycles. The molecule has 1 atom stereocenters. The van der Waals surface area contributed by atoms with Crippen LogP contribution >= 0.6 is 15.9 Å². The van der Waals surface area contributed by atoms with Crippen molar-refractivity contribution in [2.75, 3.05) is 12.4 Å². The minimum Gasteiger partial charge on any atom is -0.467 e. The van der Waals surface area contributed by atoms with E-state index in [0.29, 0.717) is 16.6 Å². The van der Waals surface area contributed by atoms with E-state index in [4.69, 9.17) is 4.74 Å². The average molecular weight is 345 g/mol. The number of hydrogen-bond donors (Lipinski definition) is 1. The predicted octanol–water partition coefficient (Wildman–Crippen LogP) is 3.36. The molecule has 0 aliphatic rings. The van der Waals surface area contributed by atoms with Gasteiger partial charge < -0.3 is 10.1 Å². The second-order valence-electron chi connectivity index (χ2n) is 4.77. The van der Waals surface area contributed by atoms with Crippen LogP contribution in [0.4, 0.5) is 11.4 Å². The number of nitrogens with zero attached hydrogens (tertiary/aromatic N) is 1. The molecule has 0 spiro atoms. The molecule has 0 saturated heterocycles. The number of anilines is 1. The molecule has 0 aliphatic heterocycles. The van der Waals surface area contributed by atoms with Crippen molar-refractivity contribution in [2.24, 2.45) is 5.92 Å². The first-order chi connectivity index (χ1) is 9.35. The van der Waals surface area contributed by atoms with Crippen LogP contribution in [-0.2, 0) is 9.53 Å². The van der Waals surface area contributed by atoms with Gasteiger partial charge in [-0.2, -0.15) is 0 Å². The van der Waals surface area contributed by atoms with E-state index in [1.807, 2.05) is 13.8 Å². The van der Waals surface area contributed by atoms with Crippen LogP contribution in [0.1, 0.15) is 20.3 Å². The van der Waals surface area contributed by atoms with Crippen molar-refractivity contribution in [3.8, 4) is 0 Å². The third-order valence-corrected chi connectivity index (χ3v) is 3.17. The van der Waals surface area contributed by atoms with Gasteiger partial charge in [0.05, 0.1) is 12.0 Å². The fourth-order valence-electron chi connectivity index (χ4n) is 1.80. The molecule has 1 aromatic carbocycles. The van der Waals surface area contributed by atoms with Crippen LogP contribution in [0.3, 0.4) is 0 Å². The summed E-state index contributed by atoms with van der Waals surface area (Å²) in [5.41, 5.74) is 0.214. The van der Waals surface area contributed by atoms with Gasteiger partial charge in [0.15, 0.2) is 0 Å². The summed E-state index contributed by atoms with van der Waals surface area (Å²) in [5.74, 6) is -0.189. The van der Waals surface area contributed by atoms with Gasteiger partial charge >= 0.3 is 5.97 Å². The Morgan fingerprint density at radius 2 is 2.15 bits per heavy atom. The third-order valence-electron chi connectivity index (χ3n) is 2.68. The number of halogens is 1. The Balaban J connectivity index is 3.06. The number of nitro groups is 1. The molecule has 0 aromatic heterocycles. The number of carbonyl (C=O) groups is 1. The van der Waals surface area contributed by atoms with Gasteiger partial charge in [-0.15, -0.1) is 0 Å². The van der Waals surface area contributed by atoms with Crippen molar-refractivity contribution in [1.29, 1.82) is 0 Å². The van der Waals surface area contributed by atoms with Gasteiger partial charge in [-0.05, 0) is 24.5 Å². The molecule has 1 N–H and O–H groups in total. The van der Waals surface area contributed by atoms with Gasteiger partial charge in [0.2, 0.25) is 0 Å². The minimum absolute atomic E-state index is 0.0779. The highest BCUT2D eigenvalue weighted by Gasteiger charge is 2.24. The monoisotopic (exact) mass is 344 g/mol. The zero-order valence-corrected chi connectivity index (χ0v) is 13.1. The first kappa shape index (κ1) is 16.4. The number of hydrogen-bond acceptors (Lipinski definition) is 5. The van der Waals surface area contributed by atoms with Gasteiger partial charge in [-0.25, -0.2) is 4.79 Å². The lowest BCUT2D eigenvalue weighted by atomic mass is 10.0. The van der Waals surface area contributed by atoms with Crippen LogP contribution in [0.2, 0.25) is 0 Å². The fraction of sp³-hybridized carbons (Fsp3) is 0.462. The number of methoxy groups -OCH3 is 1. The molecule has 20 heavy (non-hydrogen) atoms. The number of nitrogens with one attached hydrogen (secondary N) is 1. The largest absolute Gasteiger partial charge is 0.467 e. The lowest BCUT2D eigenvalue weighted by molar-refractivity contribution is -0.384. The Bertz CT molecular complexity index is 505. The Hall–Kier alpha value is -1.63. The second kappa shape index (κ2) is 7.23. The highest BCUT2D eigenvalue weighted by molar-refractivity contribution is 9.10. The molecule has 0 amide bonds. The quantitative estimate of drug-likeness (QED) is 0.486. The molecular formula is C13H17BrN2O4. The maximum absolute atomic E-state index is 11.8. The summed E-state index contributed by atoms with van der Waals surface area (Å²) >= 11 is 3.26. The van der Waals surface area contributed by atoms with E-state index >= 15 is 0 Å². The van der Waals surface area contributed by atoms with Gasteiger partial charge in [-0.3, -0.25) is 10.1 Å². The van der Waals surface area contributed by atoms with Crippen molar-refractivity contribution in [3.05, 3.63) is 32.8 Å². The van der Waals surface area contributed by atoms with Crippen molar-refractivity contribution < 1.29 is 14.5 Å². The van der Waals surface area contributed by atoms with Crippen molar-refractivity contribution >= 4 is 33.3 Å². The SMILES string of the molecule is COC(=O)C(CC(C)C)Nc1cc(Br)ccc1[N+](=O)[O-]. The standard InChI is InChI=1S/C13H17BrN2O4/c1-8(2)6-11(13(17)20-3)15-10-7-9(14)4-5-12(10)16(18)19/h4-5,7-8,11,15H,6H2,1-3H3. The molecule has 7 heteroatoms. The zero-order chi connectivity index (χ0) is 15.3. The summed E-state index contributed by atoms with van der Waals surface area (Å²) in [6.07, 6.45) is 0.524. The van der Waals surface area contributed by atoms with E-state index in [1.165, 1.54) is 13.2 Å². The summed E-state index contributed by atoms with van der Waals surface area (Å²) in [6.45, 7) is 3.93. The number of carbonyl (C=O) groups excluding carboxylic acids is 1. The normalized spacial score (nSPS) is 12.1. The lowest BCUT2D eigenvalue weighted by Crippen LogP contribution is -2.32. The van der Waals surface area contributed by atoms with E-state index in [1.54, 1.807) is 12.1 Å². The number of nitro benzene ring substituents is 1. The van der Waals surface area contributed by atoms with Crippen molar-refractivity contribution in [2.45, 2.75) is 26.3 Å². The smallest absolute Gasteiger partial charge is 0.328 e. The van der Waals surface area contributed by atoms with Crippen LogP contribution in [0.15, 0.2) is 22.7 Å². The van der Waals surface area contributed by atoms with E-state index in [9.17, 15) is 14.9 Å². The molecular weight excluding hydrogens is 328 g/mol. The van der Waals surface area contributed by atoms with Gasteiger partial charge in [0.1, 0.15) is 11.7 Å². The lowest BCUT2D eigenvalue weighted by Gasteiger charge is -2.19. The number of esters is 1. The molecule has 0 heterocycles. The number of benzene rings is 1. The van der Waals surface area contributed by atoms with Gasteiger partial charge in [-0.1, -0.05) is 29.8 Å². The highest BCUT2D eigenvalue weighted by atomic mass is 79.9. The van der Waals surface area contributed by atoms with Crippen molar-refractivity contribution in [3.63, 3.8) is 0 Å². The summed E-state index contributed by atoms with van der Waals surface area (Å²) in [6, 6.07) is 3.93. The van der Waals surface area contributed by atoms with E-state index < -0.39 is 16.9 Å². The highest BCUT2D eigenvalue weighted by Crippen LogP contribution is 2.29. The molecule has 0 bridgehead atoms. The molecule has 0 aliphatic carbocycles. The van der Waals surface area contributed by atoms with Crippen LogP contribution in [0.5, 0.6) is 0 Å². The second-order valence-corrected chi connectivity index (χ2v) is 5.68. The Morgan fingerprint density at radius 3 is 2.65 bits per heavy atom. The van der Waals surface area contributed by atoms with Crippen LogP contribution in [0.25, 0.3) is 0 Å². The van der Waals surface area contributed by atoms with E-state index in [0.717, 1.165) is 0 Å². The van der Waals surface area contributed by atoms with Gasteiger partial charge in [0, 0.05) is 10.5 Å². The Labute approximate surface area is 125 Å². The number of rotatable bonds is 6. The number of ether oxygens (including phenoxy) is 1. The Morgan fingerprint density at radius 1 is 1.50 bits per heavy atom. The predicted molar refractivity (Wildman–Crippen MR) is 79.7 cm³/mol. The average Bonchev–Trinajstić information content (AvgIpc) is 2.36. The van der Waals surface area contributed by atoms with Crippen LogP contribution < -0.4 is 5.32 Å². The summed E-state index contributed by atoms with van der Waals surface area (Å²) in [5, 5.41) is 13.9. The topological polar surface area (TPSA) is 81.5 Å². The molecule has 1 unspecified atom stereocenters. The summed E-state index contributed by atoms with van der Waals surface area (Å²) in [4.78, 5) is 22.3. The summed E-state index contributed by atoms with van der Waals surface area (Å²) < 4.78 is 5.43. The molecule has 0 radical (unpaired) electrons. The van der Waals surface area contributed by atoms with Crippen LogP contribution in [0, 0.1) is 16.0 Å². The first-order valence-corrected chi connectivity index (χ1v) is 6.92. The maximum atomic E-state index is 11.8. The fourth-order valence-corrected chi connectivity index (χ4v) is 2.16. The molecule has 0 fully saturated rings. The first-order valence-electron chi connectivity index (χ1n) is 6.13. The maximum Gasteiger partial charge on any atom is 0.328 e. The Kier molecular flexibility index (Phi) is 5.94. The molecule has 110 valence electrons. The minimum atomic E-state index is -0.618. The van der Waals surface area contributed by atoms with Crippen LogP contribution in [-0.4, -0.2) is 24.0 Å². The zero-order valence-electron chi connectivity index (χ0n) is 11.6. The van der Waals surface area contributed by atoms with Gasteiger partial charge in [0.25, 0.3) is 5.69 Å². The van der Waals surface area contributed by atoms with Crippen molar-refractivity contribution in [1.82, 2.24) is 0 Å². The molecule has 6 nitrogen and oxygen atoms in total. The molecule has 1 rings (SSSR count). The third kappa shape index (κ3) is 4.48. The summed E-state index contributed by atoms with van der Waals surface area (Å²) in [7, 11) is 1.30.